The normalized spacial score (nSPS) is 17.9. The van der Waals surface area contributed by atoms with E-state index in [1.165, 1.54) is 28.0 Å². The molecule has 0 bridgehead atoms. The minimum atomic E-state index is -0.815. The highest BCUT2D eigenvalue weighted by Crippen LogP contribution is 2.38. The van der Waals surface area contributed by atoms with Gasteiger partial charge in [-0.2, -0.15) is 0 Å². The van der Waals surface area contributed by atoms with Crippen LogP contribution in [0.5, 0.6) is 0 Å². The third kappa shape index (κ3) is 3.55. The van der Waals surface area contributed by atoms with Gasteiger partial charge in [-0.05, 0) is 36.8 Å². The molecule has 3 amide bonds. The van der Waals surface area contributed by atoms with E-state index >= 15 is 0 Å². The van der Waals surface area contributed by atoms with Gasteiger partial charge in [0.1, 0.15) is 0 Å². The van der Waals surface area contributed by atoms with Gasteiger partial charge in [-0.25, -0.2) is 9.59 Å². The maximum atomic E-state index is 13.4. The van der Waals surface area contributed by atoms with Crippen LogP contribution in [0.4, 0.5) is 16.2 Å². The van der Waals surface area contributed by atoms with Crippen molar-refractivity contribution in [3.8, 4) is 0 Å². The lowest BCUT2D eigenvalue weighted by atomic mass is 9.95. The number of hydrogen-bond acceptors (Lipinski definition) is 6. The molecule has 2 aliphatic rings. The van der Waals surface area contributed by atoms with Crippen LogP contribution in [0.15, 0.2) is 59.8 Å². The number of nitrogens with one attached hydrogen (secondary N) is 1. The standard InChI is InChI=1S/C22H20N4O6/c1-3-32-21(28)13-7-9-15(10-8-13)25-12-17-18(20(25)27)19(23-22(29)24(17)2)14-5-4-6-16(11-14)26(30)31/h4-11,19H,3,12H2,1-2H3,(H,23,29)/t19-/m1/s1. The molecule has 2 aromatic carbocycles. The highest BCUT2D eigenvalue weighted by atomic mass is 16.6. The second kappa shape index (κ2) is 8.14. The van der Waals surface area contributed by atoms with Crippen molar-refractivity contribution < 1.29 is 24.0 Å². The van der Waals surface area contributed by atoms with Crippen molar-refractivity contribution in [2.45, 2.75) is 13.0 Å². The fourth-order valence-electron chi connectivity index (χ4n) is 3.84. The number of non-ortho nitro benzene ring substituents is 1. The zero-order chi connectivity index (χ0) is 23.0. The molecule has 4 rings (SSSR count). The van der Waals surface area contributed by atoms with E-state index < -0.39 is 23.0 Å². The average Bonchev–Trinajstić information content (AvgIpc) is 3.14. The van der Waals surface area contributed by atoms with Crippen molar-refractivity contribution in [3.05, 3.63) is 81.0 Å². The van der Waals surface area contributed by atoms with E-state index in [4.69, 9.17) is 4.74 Å². The number of anilines is 1. The summed E-state index contributed by atoms with van der Waals surface area (Å²) in [6, 6.07) is 11.1. The predicted octanol–water partition coefficient (Wildman–Crippen LogP) is 2.77. The van der Waals surface area contributed by atoms with Gasteiger partial charge in [0.25, 0.3) is 11.6 Å². The fraction of sp³-hybridized carbons (Fsp3) is 0.227. The Morgan fingerprint density at radius 1 is 1.22 bits per heavy atom. The number of urea groups is 1. The summed E-state index contributed by atoms with van der Waals surface area (Å²) in [7, 11) is 1.56. The number of ether oxygens (including phenoxy) is 1. The number of nitro groups is 1. The van der Waals surface area contributed by atoms with E-state index in [0.717, 1.165) is 0 Å². The molecule has 0 saturated carbocycles. The monoisotopic (exact) mass is 436 g/mol. The summed E-state index contributed by atoms with van der Waals surface area (Å²) in [4.78, 5) is 51.3. The van der Waals surface area contributed by atoms with E-state index in [2.05, 4.69) is 5.32 Å². The first-order chi connectivity index (χ1) is 15.3. The molecular formula is C22H20N4O6. The number of hydrogen-bond donors (Lipinski definition) is 1. The molecule has 164 valence electrons. The first-order valence-electron chi connectivity index (χ1n) is 9.92. The van der Waals surface area contributed by atoms with Gasteiger partial charge in [-0.1, -0.05) is 12.1 Å². The smallest absolute Gasteiger partial charge is 0.338 e. The van der Waals surface area contributed by atoms with E-state index in [-0.39, 0.29) is 24.7 Å². The maximum absolute atomic E-state index is 13.4. The Morgan fingerprint density at radius 3 is 2.59 bits per heavy atom. The number of amides is 3. The van der Waals surface area contributed by atoms with Crippen molar-refractivity contribution in [1.82, 2.24) is 10.2 Å². The van der Waals surface area contributed by atoms with Crippen LogP contribution in [-0.4, -0.2) is 47.9 Å². The number of nitrogens with zero attached hydrogens (tertiary/aromatic N) is 3. The van der Waals surface area contributed by atoms with Crippen molar-refractivity contribution in [3.63, 3.8) is 0 Å². The molecule has 2 aromatic rings. The van der Waals surface area contributed by atoms with Crippen LogP contribution < -0.4 is 10.2 Å². The molecule has 0 fully saturated rings. The SMILES string of the molecule is CCOC(=O)c1ccc(N2CC3=C(C2=O)[C@@H](c2cccc([N+](=O)[O-])c2)NC(=O)N3C)cc1. The fourth-order valence-corrected chi connectivity index (χ4v) is 3.84. The van der Waals surface area contributed by atoms with Crippen molar-refractivity contribution in [2.75, 3.05) is 25.1 Å². The first-order valence-corrected chi connectivity index (χ1v) is 9.92. The Labute approximate surface area is 183 Å². The zero-order valence-corrected chi connectivity index (χ0v) is 17.4. The Bertz CT molecular complexity index is 1160. The van der Waals surface area contributed by atoms with E-state index in [0.29, 0.717) is 28.1 Å². The van der Waals surface area contributed by atoms with Gasteiger partial charge in [-0.15, -0.1) is 0 Å². The Hall–Kier alpha value is -4.21. The quantitative estimate of drug-likeness (QED) is 0.437. The van der Waals surface area contributed by atoms with Gasteiger partial charge in [0.2, 0.25) is 0 Å². The average molecular weight is 436 g/mol. The Kier molecular flexibility index (Phi) is 5.35. The molecule has 0 saturated heterocycles. The van der Waals surface area contributed by atoms with E-state index in [1.807, 2.05) is 0 Å². The number of benzene rings is 2. The molecule has 0 unspecified atom stereocenters. The minimum Gasteiger partial charge on any atom is -0.462 e. The number of carbonyl (C=O) groups is 3. The number of nitro benzene ring substituents is 1. The van der Waals surface area contributed by atoms with Crippen LogP contribution >= 0.6 is 0 Å². The third-order valence-electron chi connectivity index (χ3n) is 5.46. The number of likely N-dealkylation sites (N-methyl/N-ethyl adjacent to an activating group) is 1. The molecule has 0 aliphatic carbocycles. The molecule has 0 radical (unpaired) electrons. The number of carbonyl (C=O) groups excluding carboxylic acids is 3. The predicted molar refractivity (Wildman–Crippen MR) is 114 cm³/mol. The molecule has 10 nitrogen and oxygen atoms in total. The van der Waals surface area contributed by atoms with Crippen molar-refractivity contribution >= 4 is 29.3 Å². The number of rotatable bonds is 5. The molecule has 0 spiro atoms. The van der Waals surface area contributed by atoms with Crippen LogP contribution in [0.1, 0.15) is 28.9 Å². The highest BCUT2D eigenvalue weighted by molar-refractivity contribution is 6.12. The van der Waals surface area contributed by atoms with Crippen molar-refractivity contribution in [1.29, 1.82) is 0 Å². The lowest BCUT2D eigenvalue weighted by molar-refractivity contribution is -0.384. The lowest BCUT2D eigenvalue weighted by Gasteiger charge is -2.30. The second-order valence-electron chi connectivity index (χ2n) is 7.31. The Morgan fingerprint density at radius 2 is 1.94 bits per heavy atom. The van der Waals surface area contributed by atoms with Gasteiger partial charge in [0.15, 0.2) is 0 Å². The van der Waals surface area contributed by atoms with Crippen molar-refractivity contribution in [2.24, 2.45) is 0 Å². The molecule has 2 aliphatic heterocycles. The lowest BCUT2D eigenvalue weighted by Crippen LogP contribution is -2.45. The molecule has 0 aromatic heterocycles. The molecule has 10 heteroatoms. The largest absolute Gasteiger partial charge is 0.462 e. The summed E-state index contributed by atoms with van der Waals surface area (Å²) < 4.78 is 4.98. The molecule has 1 atom stereocenters. The van der Waals surface area contributed by atoms with Gasteiger partial charge in [-0.3, -0.25) is 19.8 Å². The Balaban J connectivity index is 1.67. The van der Waals surface area contributed by atoms with Gasteiger partial charge in [0, 0.05) is 24.9 Å². The molecule has 2 heterocycles. The van der Waals surface area contributed by atoms with E-state index in [1.54, 1.807) is 44.3 Å². The first kappa shape index (κ1) is 21.0. The molecule has 32 heavy (non-hydrogen) atoms. The van der Waals surface area contributed by atoms with E-state index in [9.17, 15) is 24.5 Å². The van der Waals surface area contributed by atoms with Crippen LogP contribution in [-0.2, 0) is 9.53 Å². The van der Waals surface area contributed by atoms with Gasteiger partial charge >= 0.3 is 12.0 Å². The van der Waals surface area contributed by atoms with Crippen LogP contribution in [0, 0.1) is 10.1 Å². The maximum Gasteiger partial charge on any atom is 0.338 e. The molecular weight excluding hydrogens is 416 g/mol. The second-order valence-corrected chi connectivity index (χ2v) is 7.31. The summed E-state index contributed by atoms with van der Waals surface area (Å²) in [6.07, 6.45) is 0. The van der Waals surface area contributed by atoms with Crippen LogP contribution in [0.3, 0.4) is 0 Å². The molecule has 1 N–H and O–H groups in total. The summed E-state index contributed by atoms with van der Waals surface area (Å²) >= 11 is 0. The van der Waals surface area contributed by atoms with Crippen LogP contribution in [0.2, 0.25) is 0 Å². The summed E-state index contributed by atoms with van der Waals surface area (Å²) in [5, 5.41) is 13.9. The topological polar surface area (TPSA) is 122 Å². The summed E-state index contributed by atoms with van der Waals surface area (Å²) in [6.45, 7) is 2.13. The van der Waals surface area contributed by atoms with Gasteiger partial charge in [0.05, 0.1) is 41.0 Å². The summed E-state index contributed by atoms with van der Waals surface area (Å²) in [5.74, 6) is -0.781. The summed E-state index contributed by atoms with van der Waals surface area (Å²) in [5.41, 5.74) is 2.10. The highest BCUT2D eigenvalue weighted by Gasteiger charge is 2.43. The zero-order valence-electron chi connectivity index (χ0n) is 17.4. The minimum absolute atomic E-state index is 0.130. The van der Waals surface area contributed by atoms with Gasteiger partial charge < -0.3 is 15.0 Å². The third-order valence-corrected chi connectivity index (χ3v) is 5.46. The van der Waals surface area contributed by atoms with Crippen LogP contribution in [0.25, 0.3) is 0 Å². The number of esters is 1.